The quantitative estimate of drug-likeness (QED) is 0.916. The Kier molecular flexibility index (Phi) is 4.33. The standard InChI is InChI=1S/C12H14BrN3O2/c1-8-11(16-18-15-8)7-17-12-3-2-9(4-5-14)6-10(12)13/h2-3,6H,4-5,7,14H2,1H3. The number of nitrogens with zero attached hydrogens (tertiary/aromatic N) is 2. The van der Waals surface area contributed by atoms with Gasteiger partial charge in [-0.15, -0.1) is 0 Å². The highest BCUT2D eigenvalue weighted by atomic mass is 79.9. The van der Waals surface area contributed by atoms with Crippen LogP contribution in [0.5, 0.6) is 5.75 Å². The van der Waals surface area contributed by atoms with Crippen LogP contribution in [0.25, 0.3) is 0 Å². The molecule has 1 heterocycles. The van der Waals surface area contributed by atoms with E-state index in [9.17, 15) is 0 Å². The van der Waals surface area contributed by atoms with Crippen molar-refractivity contribution in [2.75, 3.05) is 6.54 Å². The molecule has 6 heteroatoms. The number of rotatable bonds is 5. The van der Waals surface area contributed by atoms with Gasteiger partial charge in [0.05, 0.1) is 4.47 Å². The Labute approximate surface area is 113 Å². The van der Waals surface area contributed by atoms with Crippen LogP contribution in [0.2, 0.25) is 0 Å². The topological polar surface area (TPSA) is 74.2 Å². The van der Waals surface area contributed by atoms with Crippen LogP contribution < -0.4 is 10.5 Å². The number of aromatic nitrogens is 2. The third kappa shape index (κ3) is 3.08. The van der Waals surface area contributed by atoms with Gasteiger partial charge in [0.2, 0.25) is 0 Å². The Morgan fingerprint density at radius 3 is 2.83 bits per heavy atom. The van der Waals surface area contributed by atoms with Crippen LogP contribution in [0.15, 0.2) is 27.3 Å². The second-order valence-electron chi connectivity index (χ2n) is 3.89. The van der Waals surface area contributed by atoms with Crippen molar-refractivity contribution < 1.29 is 9.37 Å². The van der Waals surface area contributed by atoms with Crippen LogP contribution in [-0.2, 0) is 13.0 Å². The molecule has 2 aromatic rings. The number of nitrogens with two attached hydrogens (primary N) is 1. The van der Waals surface area contributed by atoms with Crippen LogP contribution in [-0.4, -0.2) is 16.9 Å². The fraction of sp³-hybridized carbons (Fsp3) is 0.333. The van der Waals surface area contributed by atoms with E-state index < -0.39 is 0 Å². The van der Waals surface area contributed by atoms with Gasteiger partial charge >= 0.3 is 0 Å². The summed E-state index contributed by atoms with van der Waals surface area (Å²) in [5.74, 6) is 0.762. The predicted octanol–water partition coefficient (Wildman–Crippen LogP) is 2.22. The van der Waals surface area contributed by atoms with Crippen molar-refractivity contribution >= 4 is 15.9 Å². The van der Waals surface area contributed by atoms with E-state index in [0.29, 0.717) is 18.8 Å². The van der Waals surface area contributed by atoms with E-state index in [-0.39, 0.29) is 0 Å². The summed E-state index contributed by atoms with van der Waals surface area (Å²) in [5, 5.41) is 7.46. The molecule has 0 saturated heterocycles. The van der Waals surface area contributed by atoms with E-state index in [0.717, 1.165) is 22.3 Å². The molecule has 18 heavy (non-hydrogen) atoms. The third-order valence-electron chi connectivity index (χ3n) is 2.54. The maximum Gasteiger partial charge on any atom is 0.145 e. The molecule has 0 spiro atoms. The lowest BCUT2D eigenvalue weighted by Crippen LogP contribution is -2.03. The summed E-state index contributed by atoms with van der Waals surface area (Å²) in [6.07, 6.45) is 0.852. The normalized spacial score (nSPS) is 10.6. The second-order valence-corrected chi connectivity index (χ2v) is 4.74. The summed E-state index contributed by atoms with van der Waals surface area (Å²) >= 11 is 3.47. The molecular weight excluding hydrogens is 298 g/mol. The van der Waals surface area contributed by atoms with Crippen LogP contribution in [0.1, 0.15) is 17.0 Å². The molecule has 0 bridgehead atoms. The van der Waals surface area contributed by atoms with Crippen LogP contribution in [0.3, 0.4) is 0 Å². The summed E-state index contributed by atoms with van der Waals surface area (Å²) in [4.78, 5) is 0. The molecule has 1 aromatic heterocycles. The maximum atomic E-state index is 5.65. The molecule has 1 aromatic carbocycles. The summed E-state index contributed by atoms with van der Waals surface area (Å²) in [5.41, 5.74) is 8.14. The number of hydrogen-bond acceptors (Lipinski definition) is 5. The smallest absolute Gasteiger partial charge is 0.145 e. The first kappa shape index (κ1) is 13.0. The Morgan fingerprint density at radius 2 is 2.22 bits per heavy atom. The lowest BCUT2D eigenvalue weighted by molar-refractivity contribution is 0.269. The van der Waals surface area contributed by atoms with E-state index in [4.69, 9.17) is 10.5 Å². The zero-order valence-electron chi connectivity index (χ0n) is 10.0. The zero-order chi connectivity index (χ0) is 13.0. The molecule has 0 unspecified atom stereocenters. The lowest BCUT2D eigenvalue weighted by atomic mass is 10.1. The van der Waals surface area contributed by atoms with Gasteiger partial charge in [-0.25, -0.2) is 4.63 Å². The molecule has 0 saturated carbocycles. The van der Waals surface area contributed by atoms with E-state index >= 15 is 0 Å². The summed E-state index contributed by atoms with van der Waals surface area (Å²) in [7, 11) is 0. The summed E-state index contributed by atoms with van der Waals surface area (Å²) < 4.78 is 11.2. The van der Waals surface area contributed by atoms with Crippen LogP contribution in [0.4, 0.5) is 0 Å². The number of aryl methyl sites for hydroxylation is 1. The van der Waals surface area contributed by atoms with E-state index in [1.807, 2.05) is 25.1 Å². The highest BCUT2D eigenvalue weighted by Crippen LogP contribution is 2.27. The lowest BCUT2D eigenvalue weighted by Gasteiger charge is -2.08. The first-order valence-electron chi connectivity index (χ1n) is 5.60. The van der Waals surface area contributed by atoms with Crippen molar-refractivity contribution in [2.45, 2.75) is 20.0 Å². The largest absolute Gasteiger partial charge is 0.486 e. The SMILES string of the molecule is Cc1nonc1COc1ccc(CCN)cc1Br. The van der Waals surface area contributed by atoms with Crippen molar-refractivity contribution in [1.82, 2.24) is 10.3 Å². The molecule has 5 nitrogen and oxygen atoms in total. The van der Waals surface area contributed by atoms with Crippen LogP contribution in [0, 0.1) is 6.92 Å². The minimum absolute atomic E-state index is 0.337. The predicted molar refractivity (Wildman–Crippen MR) is 70.3 cm³/mol. The number of hydrogen-bond donors (Lipinski definition) is 1. The minimum Gasteiger partial charge on any atom is -0.486 e. The molecule has 0 aliphatic carbocycles. The van der Waals surface area contributed by atoms with Gasteiger partial charge in [0, 0.05) is 0 Å². The van der Waals surface area contributed by atoms with Crippen LogP contribution >= 0.6 is 15.9 Å². The summed E-state index contributed by atoms with van der Waals surface area (Å²) in [6.45, 7) is 2.80. The number of ether oxygens (including phenoxy) is 1. The molecule has 0 amide bonds. The van der Waals surface area contributed by atoms with Crippen molar-refractivity contribution in [3.05, 3.63) is 39.6 Å². The van der Waals surface area contributed by atoms with E-state index in [2.05, 4.69) is 30.9 Å². The molecule has 0 radical (unpaired) electrons. The van der Waals surface area contributed by atoms with Crippen molar-refractivity contribution in [3.63, 3.8) is 0 Å². The fourth-order valence-corrected chi connectivity index (χ4v) is 2.05. The number of benzene rings is 1. The minimum atomic E-state index is 0.337. The highest BCUT2D eigenvalue weighted by molar-refractivity contribution is 9.10. The first-order chi connectivity index (χ1) is 8.70. The molecule has 2 N–H and O–H groups in total. The van der Waals surface area contributed by atoms with Gasteiger partial charge in [-0.3, -0.25) is 0 Å². The van der Waals surface area contributed by atoms with Crippen molar-refractivity contribution in [3.8, 4) is 5.75 Å². The molecule has 0 atom stereocenters. The van der Waals surface area contributed by atoms with Gasteiger partial charge in [-0.1, -0.05) is 16.4 Å². The van der Waals surface area contributed by atoms with Gasteiger partial charge < -0.3 is 10.5 Å². The Bertz CT molecular complexity index is 528. The molecule has 0 aliphatic heterocycles. The van der Waals surface area contributed by atoms with Gasteiger partial charge in [0.25, 0.3) is 0 Å². The van der Waals surface area contributed by atoms with Crippen molar-refractivity contribution in [2.24, 2.45) is 5.73 Å². The Hall–Kier alpha value is -1.40. The highest BCUT2D eigenvalue weighted by Gasteiger charge is 2.08. The number of halogens is 1. The van der Waals surface area contributed by atoms with Gasteiger partial charge in [0.1, 0.15) is 23.7 Å². The Balaban J connectivity index is 2.03. The first-order valence-corrected chi connectivity index (χ1v) is 6.39. The zero-order valence-corrected chi connectivity index (χ0v) is 11.6. The average Bonchev–Trinajstić information content (AvgIpc) is 2.74. The third-order valence-corrected chi connectivity index (χ3v) is 3.16. The summed E-state index contributed by atoms with van der Waals surface area (Å²) in [6, 6.07) is 5.93. The fourth-order valence-electron chi connectivity index (χ4n) is 1.51. The maximum absolute atomic E-state index is 5.65. The molecular formula is C12H14BrN3O2. The average molecular weight is 312 g/mol. The molecule has 0 fully saturated rings. The van der Waals surface area contributed by atoms with E-state index in [1.54, 1.807) is 0 Å². The molecule has 2 rings (SSSR count). The monoisotopic (exact) mass is 311 g/mol. The molecule has 0 aliphatic rings. The molecule has 96 valence electrons. The van der Waals surface area contributed by atoms with Gasteiger partial charge in [0.15, 0.2) is 0 Å². The Morgan fingerprint density at radius 1 is 1.39 bits per heavy atom. The second kappa shape index (κ2) is 5.97. The van der Waals surface area contributed by atoms with Crippen molar-refractivity contribution in [1.29, 1.82) is 0 Å². The van der Waals surface area contributed by atoms with E-state index in [1.165, 1.54) is 5.56 Å². The van der Waals surface area contributed by atoms with Gasteiger partial charge in [-0.05, 0) is 53.5 Å². The van der Waals surface area contributed by atoms with Gasteiger partial charge in [-0.2, -0.15) is 0 Å².